The molecule has 0 radical (unpaired) electrons. The monoisotopic (exact) mass is 512 g/mol. The molecule has 0 unspecified atom stereocenters. The first-order chi connectivity index (χ1) is 16.3. The lowest BCUT2D eigenvalue weighted by Crippen LogP contribution is -2.13. The number of carboxylic acids is 6. The van der Waals surface area contributed by atoms with Crippen LogP contribution in [0.3, 0.4) is 0 Å². The highest BCUT2D eigenvalue weighted by Gasteiger charge is 2.00. The van der Waals surface area contributed by atoms with Crippen molar-refractivity contribution in [3.05, 3.63) is 0 Å². The molecule has 13 nitrogen and oxygen atoms in total. The Morgan fingerprint density at radius 3 is 0.829 bits per heavy atom. The highest BCUT2D eigenvalue weighted by molar-refractivity contribution is 5.70. The molecule has 0 rings (SSSR count). The molecular weight excluding hydrogens is 472 g/mol. The first kappa shape index (κ1) is 39.0. The van der Waals surface area contributed by atoms with E-state index in [-0.39, 0.29) is 12.8 Å². The molecule has 0 amide bonds. The van der Waals surface area contributed by atoms with Crippen LogP contribution in [0.2, 0.25) is 0 Å². The van der Waals surface area contributed by atoms with Crippen LogP contribution in [0.25, 0.3) is 0 Å². The van der Waals surface area contributed by atoms with Crippen LogP contribution in [0.5, 0.6) is 0 Å². The van der Waals surface area contributed by atoms with E-state index in [1.54, 1.807) is 0 Å². The van der Waals surface area contributed by atoms with Crippen molar-refractivity contribution in [1.82, 2.24) is 0 Å². The standard InChI is InChI=1S/C6H10O4.2C6H12O2.C4H6O5/c7-5(8)3-1-2-4-6(9)10;2*1-2-3-4-5-6(7)8;5-3(6)1-9-2-4(7)8/h1-4H2,(H,7,8)(H,9,10);2*2-5H2,1H3,(H,7,8);1-2H2,(H,5,6)(H,7,8). The Morgan fingerprint density at radius 2 is 0.657 bits per heavy atom. The van der Waals surface area contributed by atoms with Gasteiger partial charge in [-0.2, -0.15) is 0 Å². The van der Waals surface area contributed by atoms with E-state index in [4.69, 9.17) is 30.6 Å². The Kier molecular flexibility index (Phi) is 34.3. The van der Waals surface area contributed by atoms with Crippen molar-refractivity contribution in [3.63, 3.8) is 0 Å². The summed E-state index contributed by atoms with van der Waals surface area (Å²) in [6.07, 6.45) is 7.57. The smallest absolute Gasteiger partial charge is 0.329 e. The third-order valence-corrected chi connectivity index (χ3v) is 3.47. The third kappa shape index (κ3) is 65.2. The highest BCUT2D eigenvalue weighted by atomic mass is 16.5. The molecule has 0 atom stereocenters. The van der Waals surface area contributed by atoms with E-state index >= 15 is 0 Å². The molecule has 0 aromatic rings. The SMILES string of the molecule is CCCCCC(=O)O.CCCCCC(=O)O.O=C(O)CCCCC(=O)O.O=C(O)COCC(=O)O. The van der Waals surface area contributed by atoms with E-state index in [0.717, 1.165) is 38.5 Å². The second kappa shape index (κ2) is 30.8. The third-order valence-electron chi connectivity index (χ3n) is 3.47. The average Bonchev–Trinajstić information content (AvgIpc) is 2.72. The molecule has 13 heteroatoms. The van der Waals surface area contributed by atoms with Gasteiger partial charge in [0.25, 0.3) is 0 Å². The van der Waals surface area contributed by atoms with Crippen molar-refractivity contribution in [2.24, 2.45) is 0 Å². The number of carbonyl (C=O) groups is 6. The first-order valence-corrected chi connectivity index (χ1v) is 11.2. The molecule has 35 heavy (non-hydrogen) atoms. The molecule has 0 fully saturated rings. The van der Waals surface area contributed by atoms with Crippen LogP contribution in [0.15, 0.2) is 0 Å². The summed E-state index contributed by atoms with van der Waals surface area (Å²) in [6, 6.07) is 0. The number of unbranched alkanes of at least 4 members (excludes halogenated alkanes) is 5. The maximum absolute atomic E-state index is 9.90. The summed E-state index contributed by atoms with van der Waals surface area (Å²) < 4.78 is 4.16. The molecule has 0 aromatic carbocycles. The number of aliphatic carboxylic acids is 6. The Morgan fingerprint density at radius 1 is 0.429 bits per heavy atom. The van der Waals surface area contributed by atoms with Gasteiger partial charge in [-0.3, -0.25) is 19.2 Å². The fourth-order valence-electron chi connectivity index (χ4n) is 1.83. The zero-order valence-electron chi connectivity index (χ0n) is 20.4. The van der Waals surface area contributed by atoms with Gasteiger partial charge < -0.3 is 35.4 Å². The minimum atomic E-state index is -1.17. The van der Waals surface area contributed by atoms with Crippen molar-refractivity contribution in [2.75, 3.05) is 13.2 Å². The Hall–Kier alpha value is -3.22. The van der Waals surface area contributed by atoms with Gasteiger partial charge in [-0.25, -0.2) is 9.59 Å². The van der Waals surface area contributed by atoms with E-state index in [1.165, 1.54) is 0 Å². The van der Waals surface area contributed by atoms with Gasteiger partial charge in [0.05, 0.1) is 0 Å². The maximum Gasteiger partial charge on any atom is 0.329 e. The summed E-state index contributed by atoms with van der Waals surface area (Å²) in [6.45, 7) is 2.99. The first-order valence-electron chi connectivity index (χ1n) is 11.2. The predicted octanol–water partition coefficient (Wildman–Crippen LogP) is 3.19. The quantitative estimate of drug-likeness (QED) is 0.154. The molecule has 0 saturated heterocycles. The summed E-state index contributed by atoms with van der Waals surface area (Å²) >= 11 is 0. The van der Waals surface area contributed by atoms with E-state index in [9.17, 15) is 28.8 Å². The second-order valence-corrected chi connectivity index (χ2v) is 6.98. The summed E-state index contributed by atoms with van der Waals surface area (Å²) in [5.74, 6) is -5.44. The van der Waals surface area contributed by atoms with Gasteiger partial charge in [-0.1, -0.05) is 39.5 Å². The lowest BCUT2D eigenvalue weighted by Gasteiger charge is -1.92. The van der Waals surface area contributed by atoms with E-state index in [2.05, 4.69) is 18.6 Å². The van der Waals surface area contributed by atoms with Crippen LogP contribution in [0, 0.1) is 0 Å². The molecule has 0 aromatic heterocycles. The molecule has 0 aliphatic rings. The van der Waals surface area contributed by atoms with Crippen LogP contribution < -0.4 is 0 Å². The van der Waals surface area contributed by atoms with Gasteiger partial charge in [-0.05, 0) is 25.7 Å². The van der Waals surface area contributed by atoms with Crippen LogP contribution in [-0.2, 0) is 33.5 Å². The Balaban J connectivity index is -0.000000184. The Labute approximate surface area is 204 Å². The number of rotatable bonds is 17. The fraction of sp³-hybridized carbons (Fsp3) is 0.727. The lowest BCUT2D eigenvalue weighted by atomic mass is 10.2. The fourth-order valence-corrected chi connectivity index (χ4v) is 1.83. The molecule has 0 aliphatic heterocycles. The summed E-state index contributed by atoms with van der Waals surface area (Å²) in [5.41, 5.74) is 0. The van der Waals surface area contributed by atoms with Gasteiger partial charge in [0.1, 0.15) is 13.2 Å². The molecule has 0 aliphatic carbocycles. The Bertz CT molecular complexity index is 538. The summed E-state index contributed by atoms with van der Waals surface area (Å²) in [7, 11) is 0. The van der Waals surface area contributed by atoms with Crippen molar-refractivity contribution < 1.29 is 64.1 Å². The lowest BCUT2D eigenvalue weighted by molar-refractivity contribution is -0.148. The topological polar surface area (TPSA) is 233 Å². The van der Waals surface area contributed by atoms with Crippen LogP contribution in [0.1, 0.15) is 90.9 Å². The van der Waals surface area contributed by atoms with Crippen LogP contribution >= 0.6 is 0 Å². The van der Waals surface area contributed by atoms with Crippen molar-refractivity contribution >= 4 is 35.8 Å². The van der Waals surface area contributed by atoms with E-state index in [0.29, 0.717) is 25.7 Å². The predicted molar refractivity (Wildman–Crippen MR) is 123 cm³/mol. The zero-order valence-corrected chi connectivity index (χ0v) is 20.4. The maximum atomic E-state index is 9.90. The van der Waals surface area contributed by atoms with Crippen molar-refractivity contribution in [1.29, 1.82) is 0 Å². The molecule has 6 N–H and O–H groups in total. The van der Waals surface area contributed by atoms with E-state index in [1.807, 2.05) is 0 Å². The van der Waals surface area contributed by atoms with Crippen LogP contribution in [0.4, 0.5) is 0 Å². The molecule has 0 heterocycles. The van der Waals surface area contributed by atoms with Gasteiger partial charge in [-0.15, -0.1) is 0 Å². The second-order valence-electron chi connectivity index (χ2n) is 6.98. The largest absolute Gasteiger partial charge is 0.481 e. The number of hydrogen-bond donors (Lipinski definition) is 6. The highest BCUT2D eigenvalue weighted by Crippen LogP contribution is 1.99. The zero-order chi connectivity index (χ0) is 28.1. The van der Waals surface area contributed by atoms with Gasteiger partial charge >= 0.3 is 35.8 Å². The molecule has 0 spiro atoms. The average molecular weight is 513 g/mol. The normalized spacial score (nSPS) is 9.09. The number of carboxylic acid groups (broad SMARTS) is 6. The summed E-state index contributed by atoms with van der Waals surface area (Å²) in [5, 5.41) is 48.4. The molecule has 0 saturated carbocycles. The summed E-state index contributed by atoms with van der Waals surface area (Å²) in [4.78, 5) is 58.9. The minimum Gasteiger partial charge on any atom is -0.481 e. The molecular formula is C22H40O13. The van der Waals surface area contributed by atoms with Gasteiger partial charge in [0, 0.05) is 25.7 Å². The number of hydrogen-bond acceptors (Lipinski definition) is 7. The van der Waals surface area contributed by atoms with Gasteiger partial charge in [0.15, 0.2) is 0 Å². The van der Waals surface area contributed by atoms with Crippen molar-refractivity contribution in [2.45, 2.75) is 90.9 Å². The number of ether oxygens (including phenoxy) is 1. The minimum absolute atomic E-state index is 0.0628. The molecule has 0 bridgehead atoms. The van der Waals surface area contributed by atoms with Crippen LogP contribution in [-0.4, -0.2) is 79.7 Å². The molecule has 206 valence electrons. The van der Waals surface area contributed by atoms with Crippen molar-refractivity contribution in [3.8, 4) is 0 Å². The van der Waals surface area contributed by atoms with Gasteiger partial charge in [0.2, 0.25) is 0 Å². The van der Waals surface area contributed by atoms with E-state index < -0.39 is 49.0 Å².